The lowest BCUT2D eigenvalue weighted by Gasteiger charge is -2.27. The third kappa shape index (κ3) is 4.72. The van der Waals surface area contributed by atoms with Gasteiger partial charge in [-0.05, 0) is 37.9 Å². The lowest BCUT2D eigenvalue weighted by atomic mass is 10.1. The standard InChI is InChI=1S/C17H30N4OS/c1-5-6-10-23-14(4)17(22)21-9-7-8-15(21)16-19-18-12-20(16)11-13(2)3/h12-15H,5-11H2,1-4H3/t14-,15+/m1/s1. The first-order valence-corrected chi connectivity index (χ1v) is 9.89. The topological polar surface area (TPSA) is 51.0 Å². The highest BCUT2D eigenvalue weighted by molar-refractivity contribution is 8.00. The Kier molecular flexibility index (Phi) is 6.93. The zero-order valence-electron chi connectivity index (χ0n) is 14.9. The van der Waals surface area contributed by atoms with Crippen LogP contribution in [0, 0.1) is 5.92 Å². The van der Waals surface area contributed by atoms with Gasteiger partial charge in [-0.15, -0.1) is 22.0 Å². The molecule has 1 aromatic rings. The SMILES string of the molecule is CCCCS[C@H](C)C(=O)N1CCC[C@H]1c1nncn1CC(C)C. The van der Waals surface area contributed by atoms with E-state index in [9.17, 15) is 4.79 Å². The van der Waals surface area contributed by atoms with Crippen molar-refractivity contribution in [1.82, 2.24) is 19.7 Å². The van der Waals surface area contributed by atoms with E-state index in [1.807, 2.05) is 11.8 Å². The molecule has 0 radical (unpaired) electrons. The van der Waals surface area contributed by atoms with E-state index in [0.29, 0.717) is 5.92 Å². The van der Waals surface area contributed by atoms with Crippen molar-refractivity contribution in [3.8, 4) is 0 Å². The van der Waals surface area contributed by atoms with Crippen LogP contribution in [0.1, 0.15) is 65.2 Å². The molecule has 0 bridgehead atoms. The maximum atomic E-state index is 12.8. The molecule has 0 unspecified atom stereocenters. The van der Waals surface area contributed by atoms with Crippen LogP contribution in [0.5, 0.6) is 0 Å². The van der Waals surface area contributed by atoms with E-state index in [1.165, 1.54) is 12.8 Å². The van der Waals surface area contributed by atoms with E-state index in [2.05, 4.69) is 35.5 Å². The fourth-order valence-corrected chi connectivity index (χ4v) is 4.15. The van der Waals surface area contributed by atoms with Crippen molar-refractivity contribution in [3.05, 3.63) is 12.2 Å². The maximum Gasteiger partial charge on any atom is 0.236 e. The summed E-state index contributed by atoms with van der Waals surface area (Å²) < 4.78 is 2.12. The molecule has 0 spiro atoms. The minimum absolute atomic E-state index is 0.0311. The number of likely N-dealkylation sites (tertiary alicyclic amines) is 1. The molecule has 0 aromatic carbocycles. The summed E-state index contributed by atoms with van der Waals surface area (Å²) in [6.07, 6.45) is 6.20. The Labute approximate surface area is 144 Å². The Morgan fingerprint density at radius 3 is 2.91 bits per heavy atom. The van der Waals surface area contributed by atoms with Crippen molar-refractivity contribution >= 4 is 17.7 Å². The maximum absolute atomic E-state index is 12.8. The molecule has 0 N–H and O–H groups in total. The van der Waals surface area contributed by atoms with E-state index in [0.717, 1.165) is 37.5 Å². The number of hydrogen-bond acceptors (Lipinski definition) is 4. The second-order valence-electron chi connectivity index (χ2n) is 6.79. The zero-order chi connectivity index (χ0) is 16.8. The zero-order valence-corrected chi connectivity index (χ0v) is 15.7. The van der Waals surface area contributed by atoms with Crippen LogP contribution in [0.25, 0.3) is 0 Å². The molecular formula is C17H30N4OS. The van der Waals surface area contributed by atoms with Gasteiger partial charge in [0, 0.05) is 13.1 Å². The first-order chi connectivity index (χ1) is 11.0. The Morgan fingerprint density at radius 2 is 2.22 bits per heavy atom. The first-order valence-electron chi connectivity index (χ1n) is 8.84. The summed E-state index contributed by atoms with van der Waals surface area (Å²) in [4.78, 5) is 14.9. The lowest BCUT2D eigenvalue weighted by Crippen LogP contribution is -2.37. The van der Waals surface area contributed by atoms with Gasteiger partial charge in [-0.1, -0.05) is 27.2 Å². The van der Waals surface area contributed by atoms with Crippen molar-refractivity contribution in [2.45, 2.75) is 71.2 Å². The minimum Gasteiger partial charge on any atom is -0.331 e. The molecule has 1 saturated heterocycles. The van der Waals surface area contributed by atoms with Gasteiger partial charge < -0.3 is 9.47 Å². The number of carbonyl (C=O) groups excluding carboxylic acids is 1. The average molecular weight is 339 g/mol. The average Bonchev–Trinajstić information content (AvgIpc) is 3.14. The van der Waals surface area contributed by atoms with Crippen LogP contribution in [0.15, 0.2) is 6.33 Å². The molecule has 2 heterocycles. The number of carbonyl (C=O) groups is 1. The monoisotopic (exact) mass is 338 g/mol. The Bertz CT molecular complexity index is 503. The third-order valence-corrected chi connectivity index (χ3v) is 5.48. The third-order valence-electron chi connectivity index (χ3n) is 4.25. The summed E-state index contributed by atoms with van der Waals surface area (Å²) in [6.45, 7) is 10.3. The number of aromatic nitrogens is 3. The van der Waals surface area contributed by atoms with Crippen molar-refractivity contribution < 1.29 is 4.79 Å². The van der Waals surface area contributed by atoms with Gasteiger partial charge in [-0.2, -0.15) is 0 Å². The second-order valence-corrected chi connectivity index (χ2v) is 8.24. The molecule has 2 atom stereocenters. The lowest BCUT2D eigenvalue weighted by molar-refractivity contribution is -0.131. The highest BCUT2D eigenvalue weighted by atomic mass is 32.2. The molecule has 1 aliphatic rings. The van der Waals surface area contributed by atoms with Gasteiger partial charge in [0.25, 0.3) is 0 Å². The smallest absolute Gasteiger partial charge is 0.236 e. The quantitative estimate of drug-likeness (QED) is 0.681. The molecular weight excluding hydrogens is 308 g/mol. The molecule has 130 valence electrons. The predicted octanol–water partition coefficient (Wildman–Crippen LogP) is 3.52. The van der Waals surface area contributed by atoms with E-state index < -0.39 is 0 Å². The molecule has 0 aliphatic carbocycles. The minimum atomic E-state index is 0.0311. The fourth-order valence-electron chi connectivity index (χ4n) is 3.06. The first kappa shape index (κ1) is 18.3. The second kappa shape index (κ2) is 8.71. The van der Waals surface area contributed by atoms with Crippen LogP contribution in [-0.4, -0.2) is 43.1 Å². The van der Waals surface area contributed by atoms with Gasteiger partial charge >= 0.3 is 0 Å². The van der Waals surface area contributed by atoms with Gasteiger partial charge in [-0.3, -0.25) is 4.79 Å². The Morgan fingerprint density at radius 1 is 1.43 bits per heavy atom. The van der Waals surface area contributed by atoms with Gasteiger partial charge in [0.05, 0.1) is 11.3 Å². The molecule has 2 rings (SSSR count). The molecule has 0 saturated carbocycles. The van der Waals surface area contributed by atoms with Gasteiger partial charge in [0.2, 0.25) is 5.91 Å². The van der Waals surface area contributed by atoms with Gasteiger partial charge in [-0.25, -0.2) is 0 Å². The molecule has 1 aromatic heterocycles. The Hall–Kier alpha value is -1.04. The van der Waals surface area contributed by atoms with Crippen LogP contribution >= 0.6 is 11.8 Å². The highest BCUT2D eigenvalue weighted by Gasteiger charge is 2.35. The fraction of sp³-hybridized carbons (Fsp3) is 0.824. The summed E-state index contributed by atoms with van der Waals surface area (Å²) in [5.41, 5.74) is 0. The summed E-state index contributed by atoms with van der Waals surface area (Å²) in [6, 6.07) is 0.0953. The van der Waals surface area contributed by atoms with E-state index in [-0.39, 0.29) is 17.2 Å². The van der Waals surface area contributed by atoms with Crippen molar-refractivity contribution in [2.75, 3.05) is 12.3 Å². The number of unbranched alkanes of at least 4 members (excludes halogenated alkanes) is 1. The van der Waals surface area contributed by atoms with E-state index >= 15 is 0 Å². The number of amides is 1. The van der Waals surface area contributed by atoms with Crippen LogP contribution in [0.4, 0.5) is 0 Å². The molecule has 6 heteroatoms. The number of thioether (sulfide) groups is 1. The van der Waals surface area contributed by atoms with Crippen LogP contribution in [0.3, 0.4) is 0 Å². The highest BCUT2D eigenvalue weighted by Crippen LogP contribution is 2.33. The largest absolute Gasteiger partial charge is 0.331 e. The normalized spacial score (nSPS) is 19.5. The van der Waals surface area contributed by atoms with Gasteiger partial charge in [0.15, 0.2) is 5.82 Å². The number of hydrogen-bond donors (Lipinski definition) is 0. The molecule has 1 amide bonds. The van der Waals surface area contributed by atoms with Crippen molar-refractivity contribution in [1.29, 1.82) is 0 Å². The van der Waals surface area contributed by atoms with Crippen LogP contribution in [-0.2, 0) is 11.3 Å². The Balaban J connectivity index is 2.05. The molecule has 5 nitrogen and oxygen atoms in total. The van der Waals surface area contributed by atoms with Crippen LogP contribution in [0.2, 0.25) is 0 Å². The van der Waals surface area contributed by atoms with Crippen molar-refractivity contribution in [3.63, 3.8) is 0 Å². The van der Waals surface area contributed by atoms with Crippen LogP contribution < -0.4 is 0 Å². The van der Waals surface area contributed by atoms with Crippen molar-refractivity contribution in [2.24, 2.45) is 5.92 Å². The summed E-state index contributed by atoms with van der Waals surface area (Å²) in [5, 5.41) is 8.45. The molecule has 1 fully saturated rings. The molecule has 23 heavy (non-hydrogen) atoms. The summed E-state index contributed by atoms with van der Waals surface area (Å²) in [5.74, 6) is 2.81. The number of nitrogens with zero attached hydrogens (tertiary/aromatic N) is 4. The van der Waals surface area contributed by atoms with E-state index in [4.69, 9.17) is 0 Å². The van der Waals surface area contributed by atoms with Gasteiger partial charge in [0.1, 0.15) is 6.33 Å². The molecule has 1 aliphatic heterocycles. The summed E-state index contributed by atoms with van der Waals surface area (Å²) >= 11 is 1.78. The van der Waals surface area contributed by atoms with E-state index in [1.54, 1.807) is 18.1 Å². The summed E-state index contributed by atoms with van der Waals surface area (Å²) in [7, 11) is 0. The number of rotatable bonds is 8. The predicted molar refractivity (Wildman–Crippen MR) is 95.4 cm³/mol.